The number of hydrogen-bond donors (Lipinski definition) is 2. The molecule has 2 N–H and O–H groups in total. The summed E-state index contributed by atoms with van der Waals surface area (Å²) >= 11 is 1.94. The minimum absolute atomic E-state index is 0.0481. The monoisotopic (exact) mass is 348 g/mol. The summed E-state index contributed by atoms with van der Waals surface area (Å²) in [5.41, 5.74) is 0.399. The van der Waals surface area contributed by atoms with Gasteiger partial charge in [0, 0.05) is 3.57 Å². The lowest BCUT2D eigenvalue weighted by atomic mass is 10.3. The van der Waals surface area contributed by atoms with E-state index in [0.29, 0.717) is 9.26 Å². The number of carboxylic acid groups (broad SMARTS) is 1. The maximum Gasteiger partial charge on any atom is 0.357 e. The third kappa shape index (κ3) is 2.73. The molecule has 1 heterocycles. The summed E-state index contributed by atoms with van der Waals surface area (Å²) in [5, 5.41) is 11.4. The molecule has 7 heteroatoms. The fourth-order valence-corrected chi connectivity index (χ4v) is 1.75. The van der Waals surface area contributed by atoms with E-state index in [1.807, 2.05) is 22.6 Å². The number of rotatable bonds is 3. The molecule has 0 bridgehead atoms. The first kappa shape index (κ1) is 11.8. The molecule has 0 saturated heterocycles. The number of nitrogens with one attached hydrogen (secondary N) is 1. The second kappa shape index (κ2) is 4.70. The third-order valence-electron chi connectivity index (χ3n) is 1.90. The van der Waals surface area contributed by atoms with Crippen LogP contribution in [0.4, 0.5) is 16.1 Å². The van der Waals surface area contributed by atoms with Crippen molar-refractivity contribution in [3.63, 3.8) is 0 Å². The quantitative estimate of drug-likeness (QED) is 0.835. The molecule has 0 radical (unpaired) electrons. The van der Waals surface area contributed by atoms with E-state index in [1.54, 1.807) is 0 Å². The number of aromatic nitrogens is 1. The van der Waals surface area contributed by atoms with Crippen LogP contribution in [0.1, 0.15) is 10.5 Å². The molecule has 17 heavy (non-hydrogen) atoms. The molecule has 0 fully saturated rings. The van der Waals surface area contributed by atoms with Crippen molar-refractivity contribution in [3.8, 4) is 0 Å². The average molecular weight is 348 g/mol. The summed E-state index contributed by atoms with van der Waals surface area (Å²) in [6.07, 6.45) is 1.03. The number of carbonyl (C=O) groups is 1. The van der Waals surface area contributed by atoms with Crippen LogP contribution in [0, 0.1) is 9.39 Å². The lowest BCUT2D eigenvalue weighted by molar-refractivity contribution is 0.0690. The van der Waals surface area contributed by atoms with Gasteiger partial charge < -0.3 is 14.8 Å². The molecule has 0 aliphatic carbocycles. The Bertz CT molecular complexity index is 570. The number of hydrogen-bond acceptors (Lipinski definition) is 4. The normalized spacial score (nSPS) is 10.2. The Kier molecular flexibility index (Phi) is 3.27. The summed E-state index contributed by atoms with van der Waals surface area (Å²) in [6.45, 7) is 0. The standard InChI is InChI=1S/C10H6FIN2O3/c11-5-1-2-7(6(12)3-5)13-10-14-8(4-17-10)9(15)16/h1-4H,(H,13,14)(H,15,16). The minimum Gasteiger partial charge on any atom is -0.476 e. The van der Waals surface area contributed by atoms with Crippen molar-refractivity contribution in [2.24, 2.45) is 0 Å². The largest absolute Gasteiger partial charge is 0.476 e. The van der Waals surface area contributed by atoms with Crippen LogP contribution in [0.5, 0.6) is 0 Å². The van der Waals surface area contributed by atoms with Crippen LogP contribution >= 0.6 is 22.6 Å². The Morgan fingerprint density at radius 2 is 2.29 bits per heavy atom. The number of oxazole rings is 1. The molecule has 0 aliphatic heterocycles. The van der Waals surface area contributed by atoms with Crippen molar-refractivity contribution >= 4 is 40.3 Å². The van der Waals surface area contributed by atoms with E-state index in [0.717, 1.165) is 6.26 Å². The molecular formula is C10H6FIN2O3. The first-order chi connectivity index (χ1) is 8.06. The molecule has 0 spiro atoms. The van der Waals surface area contributed by atoms with Crippen molar-refractivity contribution in [3.05, 3.63) is 39.5 Å². The van der Waals surface area contributed by atoms with Crippen molar-refractivity contribution in [2.75, 3.05) is 5.32 Å². The first-order valence-corrected chi connectivity index (χ1v) is 5.55. The van der Waals surface area contributed by atoms with E-state index in [-0.39, 0.29) is 17.5 Å². The van der Waals surface area contributed by atoms with Gasteiger partial charge in [-0.15, -0.1) is 0 Å². The highest BCUT2D eigenvalue weighted by atomic mass is 127. The summed E-state index contributed by atoms with van der Waals surface area (Å²) in [6, 6.07) is 4.18. The van der Waals surface area contributed by atoms with Gasteiger partial charge >= 0.3 is 5.97 Å². The number of anilines is 2. The van der Waals surface area contributed by atoms with Gasteiger partial charge in [-0.05, 0) is 40.8 Å². The summed E-state index contributed by atoms with van der Waals surface area (Å²) < 4.78 is 18.4. The highest BCUT2D eigenvalue weighted by Crippen LogP contribution is 2.22. The maximum atomic E-state index is 12.8. The lowest BCUT2D eigenvalue weighted by Crippen LogP contribution is -1.98. The van der Waals surface area contributed by atoms with Crippen LogP contribution in [-0.4, -0.2) is 16.1 Å². The summed E-state index contributed by atoms with van der Waals surface area (Å²) in [7, 11) is 0. The number of nitrogens with zero attached hydrogens (tertiary/aromatic N) is 1. The predicted molar refractivity (Wildman–Crippen MR) is 65.9 cm³/mol. The van der Waals surface area contributed by atoms with Crippen LogP contribution in [0.25, 0.3) is 0 Å². The van der Waals surface area contributed by atoms with Crippen LogP contribution in [0.15, 0.2) is 28.9 Å². The van der Waals surface area contributed by atoms with Gasteiger partial charge in [0.15, 0.2) is 5.69 Å². The topological polar surface area (TPSA) is 75.4 Å². The molecule has 1 aromatic heterocycles. The van der Waals surface area contributed by atoms with Crippen molar-refractivity contribution in [1.82, 2.24) is 4.98 Å². The number of benzene rings is 1. The highest BCUT2D eigenvalue weighted by Gasteiger charge is 2.11. The van der Waals surface area contributed by atoms with Gasteiger partial charge in [0.25, 0.3) is 6.01 Å². The fourth-order valence-electron chi connectivity index (χ4n) is 1.14. The van der Waals surface area contributed by atoms with Crippen molar-refractivity contribution < 1.29 is 18.7 Å². The Labute approximate surface area is 109 Å². The van der Waals surface area contributed by atoms with E-state index in [1.165, 1.54) is 18.2 Å². The molecule has 0 aliphatic rings. The van der Waals surface area contributed by atoms with E-state index >= 15 is 0 Å². The molecule has 0 saturated carbocycles. The molecule has 1 aromatic carbocycles. The van der Waals surface area contributed by atoms with Gasteiger partial charge in [-0.3, -0.25) is 0 Å². The molecule has 2 rings (SSSR count). The van der Waals surface area contributed by atoms with E-state index in [4.69, 9.17) is 9.52 Å². The third-order valence-corrected chi connectivity index (χ3v) is 2.79. The predicted octanol–water partition coefficient (Wildman–Crippen LogP) is 2.86. The Morgan fingerprint density at radius 1 is 1.53 bits per heavy atom. The van der Waals surface area contributed by atoms with Crippen molar-refractivity contribution in [1.29, 1.82) is 0 Å². The van der Waals surface area contributed by atoms with Gasteiger partial charge in [-0.2, -0.15) is 4.98 Å². The molecule has 0 atom stereocenters. The van der Waals surface area contributed by atoms with Crippen molar-refractivity contribution in [2.45, 2.75) is 0 Å². The van der Waals surface area contributed by atoms with Crippen LogP contribution < -0.4 is 5.32 Å². The molecule has 5 nitrogen and oxygen atoms in total. The molecule has 88 valence electrons. The zero-order chi connectivity index (χ0) is 12.4. The zero-order valence-electron chi connectivity index (χ0n) is 8.28. The van der Waals surface area contributed by atoms with E-state index < -0.39 is 5.97 Å². The second-order valence-corrected chi connectivity index (χ2v) is 4.25. The summed E-state index contributed by atoms with van der Waals surface area (Å²) in [4.78, 5) is 14.3. The zero-order valence-corrected chi connectivity index (χ0v) is 10.4. The van der Waals surface area contributed by atoms with Gasteiger partial charge in [-0.1, -0.05) is 0 Å². The molecular weight excluding hydrogens is 342 g/mol. The second-order valence-electron chi connectivity index (χ2n) is 3.09. The molecule has 2 aromatic rings. The lowest BCUT2D eigenvalue weighted by Gasteiger charge is -2.03. The van der Waals surface area contributed by atoms with Crippen LogP contribution in [0.2, 0.25) is 0 Å². The number of aromatic carboxylic acids is 1. The fraction of sp³-hybridized carbons (Fsp3) is 0. The minimum atomic E-state index is -1.17. The molecule has 0 unspecified atom stereocenters. The number of carboxylic acids is 1. The van der Waals surface area contributed by atoms with Crippen LogP contribution in [-0.2, 0) is 0 Å². The Hall–Kier alpha value is -1.64. The first-order valence-electron chi connectivity index (χ1n) is 4.47. The Morgan fingerprint density at radius 3 is 2.88 bits per heavy atom. The number of halogens is 2. The average Bonchev–Trinajstić information content (AvgIpc) is 2.71. The van der Waals surface area contributed by atoms with E-state index in [9.17, 15) is 9.18 Å². The SMILES string of the molecule is O=C(O)c1coc(Nc2ccc(F)cc2I)n1. The van der Waals surface area contributed by atoms with Gasteiger partial charge in [0.2, 0.25) is 0 Å². The van der Waals surface area contributed by atoms with Gasteiger partial charge in [-0.25, -0.2) is 9.18 Å². The van der Waals surface area contributed by atoms with Gasteiger partial charge in [0.05, 0.1) is 5.69 Å². The summed E-state index contributed by atoms with van der Waals surface area (Å²) in [5.74, 6) is -1.52. The van der Waals surface area contributed by atoms with Crippen LogP contribution in [0.3, 0.4) is 0 Å². The van der Waals surface area contributed by atoms with E-state index in [2.05, 4.69) is 10.3 Å². The molecule has 0 amide bonds. The maximum absolute atomic E-state index is 12.8. The Balaban J connectivity index is 2.22. The smallest absolute Gasteiger partial charge is 0.357 e. The van der Waals surface area contributed by atoms with Gasteiger partial charge in [0.1, 0.15) is 12.1 Å². The highest BCUT2D eigenvalue weighted by molar-refractivity contribution is 14.1.